The molecule has 3 aromatic heterocycles. The topological polar surface area (TPSA) is 89.1 Å². The summed E-state index contributed by atoms with van der Waals surface area (Å²) in [6.45, 7) is 6.44. The van der Waals surface area contributed by atoms with Crippen molar-refractivity contribution < 1.29 is 19.1 Å². The number of H-pyrrole nitrogens is 1. The summed E-state index contributed by atoms with van der Waals surface area (Å²) in [5.74, 6) is -0.990. The lowest BCUT2D eigenvalue weighted by Crippen LogP contribution is -2.26. The summed E-state index contributed by atoms with van der Waals surface area (Å²) < 4.78 is 5.31. The van der Waals surface area contributed by atoms with Crippen LogP contribution in [0.1, 0.15) is 51.6 Å². The molecule has 0 aliphatic rings. The highest BCUT2D eigenvalue weighted by molar-refractivity contribution is 7.20. The highest BCUT2D eigenvalue weighted by Gasteiger charge is 2.26. The molecule has 0 bridgehead atoms. The van der Waals surface area contributed by atoms with E-state index in [1.165, 1.54) is 25.2 Å². The van der Waals surface area contributed by atoms with Crippen LogP contribution in [-0.4, -0.2) is 33.6 Å². The van der Waals surface area contributed by atoms with Crippen molar-refractivity contribution in [3.63, 3.8) is 0 Å². The molecule has 1 N–H and O–H groups in total. The summed E-state index contributed by atoms with van der Waals surface area (Å²) in [5, 5.41) is 4.65. The lowest BCUT2D eigenvalue weighted by atomic mass is 10.0. The summed E-state index contributed by atoms with van der Waals surface area (Å²) >= 11 is 3.05. The van der Waals surface area contributed by atoms with E-state index in [4.69, 9.17) is 4.74 Å². The first kappa shape index (κ1) is 20.2. The van der Waals surface area contributed by atoms with Crippen LogP contribution in [0.25, 0.3) is 9.88 Å². The van der Waals surface area contributed by atoms with E-state index in [1.807, 2.05) is 22.9 Å². The van der Waals surface area contributed by atoms with Crippen molar-refractivity contribution in [2.45, 2.75) is 40.2 Å². The molecule has 8 heteroatoms. The molecule has 3 aromatic rings. The van der Waals surface area contributed by atoms with Crippen LogP contribution in [0.3, 0.4) is 0 Å². The monoisotopic (exact) mass is 416 g/mol. The zero-order valence-corrected chi connectivity index (χ0v) is 17.6. The van der Waals surface area contributed by atoms with Gasteiger partial charge in [-0.2, -0.15) is 0 Å². The molecule has 6 nitrogen and oxygen atoms in total. The van der Waals surface area contributed by atoms with Gasteiger partial charge in [-0.25, -0.2) is 4.98 Å². The van der Waals surface area contributed by atoms with Gasteiger partial charge in [0, 0.05) is 16.6 Å². The summed E-state index contributed by atoms with van der Waals surface area (Å²) in [5.41, 5.74) is 2.64. The van der Waals surface area contributed by atoms with E-state index in [0.717, 1.165) is 9.88 Å². The van der Waals surface area contributed by atoms with E-state index in [2.05, 4.69) is 9.97 Å². The maximum atomic E-state index is 12.7. The second-order valence-corrected chi connectivity index (χ2v) is 8.28. The Morgan fingerprint density at radius 2 is 2.00 bits per heavy atom. The van der Waals surface area contributed by atoms with E-state index in [-0.39, 0.29) is 18.0 Å². The molecule has 0 amide bonds. The number of carbonyl (C=O) groups excluding carboxylic acids is 3. The number of ether oxygens (including phenoxy) is 1. The summed E-state index contributed by atoms with van der Waals surface area (Å²) in [6.07, 6.45) is -0.958. The van der Waals surface area contributed by atoms with E-state index in [0.29, 0.717) is 28.2 Å². The summed E-state index contributed by atoms with van der Waals surface area (Å²) in [6, 6.07) is 3.92. The molecule has 146 valence electrons. The third-order valence-electron chi connectivity index (χ3n) is 4.32. The number of aromatic nitrogens is 2. The number of aromatic amines is 1. The van der Waals surface area contributed by atoms with Gasteiger partial charge in [0.25, 0.3) is 0 Å². The van der Waals surface area contributed by atoms with E-state index in [9.17, 15) is 14.4 Å². The van der Waals surface area contributed by atoms with Crippen LogP contribution in [0.4, 0.5) is 0 Å². The van der Waals surface area contributed by atoms with Crippen LogP contribution in [0.5, 0.6) is 0 Å². The predicted octanol–water partition coefficient (Wildman–Crippen LogP) is 4.38. The van der Waals surface area contributed by atoms with Crippen molar-refractivity contribution in [1.82, 2.24) is 9.97 Å². The molecule has 3 rings (SSSR count). The Bertz CT molecular complexity index is 1030. The van der Waals surface area contributed by atoms with E-state index >= 15 is 0 Å². The fourth-order valence-electron chi connectivity index (χ4n) is 3.07. The first-order chi connectivity index (χ1) is 13.3. The molecule has 3 heterocycles. The summed E-state index contributed by atoms with van der Waals surface area (Å²) in [7, 11) is 0. The lowest BCUT2D eigenvalue weighted by Gasteiger charge is -2.11. The first-order valence-electron chi connectivity index (χ1n) is 8.70. The minimum absolute atomic E-state index is 0.000920. The molecule has 0 aliphatic heterocycles. The number of esters is 1. The number of thiophene rings is 1. The number of nitrogens with zero attached hydrogens (tertiary/aromatic N) is 1. The molecule has 0 saturated carbocycles. The maximum Gasteiger partial charge on any atom is 0.312 e. The normalized spacial score (nSPS) is 12.0. The van der Waals surface area contributed by atoms with Gasteiger partial charge in [-0.1, -0.05) is 6.07 Å². The van der Waals surface area contributed by atoms with Gasteiger partial charge in [0.1, 0.15) is 5.01 Å². The van der Waals surface area contributed by atoms with Gasteiger partial charge in [0.15, 0.2) is 11.9 Å². The average molecular weight is 417 g/mol. The second-order valence-electron chi connectivity index (χ2n) is 6.48. The Morgan fingerprint density at radius 1 is 1.25 bits per heavy atom. The molecule has 0 aliphatic carbocycles. The highest BCUT2D eigenvalue weighted by Crippen LogP contribution is 2.28. The number of carbonyl (C=O) groups is 3. The number of rotatable bonds is 7. The zero-order valence-electron chi connectivity index (χ0n) is 16.0. The van der Waals surface area contributed by atoms with Crippen molar-refractivity contribution >= 4 is 40.2 Å². The van der Waals surface area contributed by atoms with Gasteiger partial charge in [0.2, 0.25) is 5.78 Å². The zero-order chi connectivity index (χ0) is 20.4. The largest absolute Gasteiger partial charge is 0.454 e. The van der Waals surface area contributed by atoms with Crippen LogP contribution >= 0.6 is 22.7 Å². The second kappa shape index (κ2) is 8.20. The molecular weight excluding hydrogens is 396 g/mol. The van der Waals surface area contributed by atoms with Crippen LogP contribution in [0.2, 0.25) is 0 Å². The summed E-state index contributed by atoms with van der Waals surface area (Å²) in [4.78, 5) is 45.1. The van der Waals surface area contributed by atoms with Crippen LogP contribution in [0, 0.1) is 13.8 Å². The van der Waals surface area contributed by atoms with Crippen molar-refractivity contribution in [3.8, 4) is 9.88 Å². The smallest absolute Gasteiger partial charge is 0.312 e. The molecule has 0 saturated heterocycles. The SMILES string of the molecule is CC(=O)c1c(C)[nH]c(C(=O)[C@H](C)OC(=O)Cc2csc(-c3cccs3)n2)c1C. The van der Waals surface area contributed by atoms with Crippen molar-refractivity contribution in [1.29, 1.82) is 0 Å². The Kier molecular flexibility index (Phi) is 5.90. The third-order valence-corrected chi connectivity index (χ3v) is 6.25. The van der Waals surface area contributed by atoms with Gasteiger partial charge in [-0.05, 0) is 44.7 Å². The Labute approximate surface area is 170 Å². The van der Waals surface area contributed by atoms with Gasteiger partial charge in [0.05, 0.1) is 22.7 Å². The number of aryl methyl sites for hydroxylation is 1. The van der Waals surface area contributed by atoms with Gasteiger partial charge >= 0.3 is 5.97 Å². The molecule has 0 spiro atoms. The number of thiazole rings is 1. The minimum atomic E-state index is -0.959. The van der Waals surface area contributed by atoms with Crippen LogP contribution in [-0.2, 0) is 16.0 Å². The Balaban J connectivity index is 1.65. The fraction of sp³-hybridized carbons (Fsp3) is 0.300. The van der Waals surface area contributed by atoms with Gasteiger partial charge < -0.3 is 9.72 Å². The molecule has 1 atom stereocenters. The standard InChI is InChI=1S/C20H20N2O4S2/c1-10-17(12(3)23)11(2)21-18(10)19(25)13(4)26-16(24)8-14-9-28-20(22-14)15-6-5-7-27-15/h5-7,9,13,21H,8H2,1-4H3/t13-/m0/s1. The number of hydrogen-bond donors (Lipinski definition) is 1. The fourth-order valence-corrected chi connectivity index (χ4v) is 4.70. The molecule has 28 heavy (non-hydrogen) atoms. The van der Waals surface area contributed by atoms with Crippen molar-refractivity contribution in [3.05, 3.63) is 51.1 Å². The van der Waals surface area contributed by atoms with E-state index < -0.39 is 12.1 Å². The number of Topliss-reactive ketones (excluding diaryl/α,β-unsaturated/α-hetero) is 2. The lowest BCUT2D eigenvalue weighted by molar-refractivity contribution is -0.145. The first-order valence-corrected chi connectivity index (χ1v) is 10.5. The molecule has 0 fully saturated rings. The molecule has 0 unspecified atom stereocenters. The van der Waals surface area contributed by atoms with Gasteiger partial charge in [-0.15, -0.1) is 22.7 Å². The minimum Gasteiger partial charge on any atom is -0.454 e. The molecule has 0 radical (unpaired) electrons. The average Bonchev–Trinajstić information content (AvgIpc) is 3.34. The third kappa shape index (κ3) is 4.13. The predicted molar refractivity (Wildman–Crippen MR) is 109 cm³/mol. The Morgan fingerprint density at radius 3 is 2.61 bits per heavy atom. The van der Waals surface area contributed by atoms with Gasteiger partial charge in [-0.3, -0.25) is 14.4 Å². The molecule has 0 aromatic carbocycles. The Hall–Kier alpha value is -2.58. The number of ketones is 2. The highest BCUT2D eigenvalue weighted by atomic mass is 32.1. The quantitative estimate of drug-likeness (QED) is 0.456. The van der Waals surface area contributed by atoms with Crippen molar-refractivity contribution in [2.24, 2.45) is 0 Å². The number of nitrogens with one attached hydrogen (secondary N) is 1. The van der Waals surface area contributed by atoms with Crippen LogP contribution < -0.4 is 0 Å². The maximum absolute atomic E-state index is 12.7. The van der Waals surface area contributed by atoms with E-state index in [1.54, 1.807) is 25.2 Å². The van der Waals surface area contributed by atoms with Crippen molar-refractivity contribution in [2.75, 3.05) is 0 Å². The number of hydrogen-bond acceptors (Lipinski definition) is 7. The molecular formula is C20H20N2O4S2. The van der Waals surface area contributed by atoms with Crippen LogP contribution in [0.15, 0.2) is 22.9 Å².